The lowest BCUT2D eigenvalue weighted by atomic mass is 9.98. The van der Waals surface area contributed by atoms with Crippen molar-refractivity contribution in [3.63, 3.8) is 0 Å². The Bertz CT molecular complexity index is 1160. The monoisotopic (exact) mass is 363 g/mol. The second-order valence-electron chi connectivity index (χ2n) is 6.33. The lowest BCUT2D eigenvalue weighted by Crippen LogP contribution is -2.11. The van der Waals surface area contributed by atoms with Gasteiger partial charge < -0.3 is 0 Å². The third-order valence-corrected chi connectivity index (χ3v) is 5.37. The van der Waals surface area contributed by atoms with E-state index < -0.39 is 10.0 Å². The average molecular weight is 363 g/mol. The number of allylic oxidation sites excluding steroid dienone is 1. The van der Waals surface area contributed by atoms with E-state index in [1.807, 2.05) is 37.4 Å². The van der Waals surface area contributed by atoms with Gasteiger partial charge in [-0.1, -0.05) is 36.4 Å². The number of rotatable bonds is 3. The number of primary sulfonamides is 1. The van der Waals surface area contributed by atoms with Gasteiger partial charge in [-0.15, -0.1) is 0 Å². The van der Waals surface area contributed by atoms with Crippen LogP contribution in [0.4, 0.5) is 0 Å². The van der Waals surface area contributed by atoms with E-state index in [-0.39, 0.29) is 10.9 Å². The molecule has 1 atom stereocenters. The van der Waals surface area contributed by atoms with Crippen molar-refractivity contribution in [1.29, 1.82) is 0 Å². The second-order valence-corrected chi connectivity index (χ2v) is 7.89. The number of nitrogens with zero attached hydrogens (tertiary/aromatic N) is 2. The molecule has 26 heavy (non-hydrogen) atoms. The zero-order valence-corrected chi connectivity index (χ0v) is 14.9. The summed E-state index contributed by atoms with van der Waals surface area (Å²) in [5.41, 5.74) is 4.03. The first kappa shape index (κ1) is 16.6. The minimum absolute atomic E-state index is 0.0929. The standard InChI is InChI=1S/C20H17N3O2S/c1-13-8-17(11-23-13)14-2-4-15(5-3-14)20-12-22-10-16-6-7-18(9-19(16)20)26(21,24)25/h2-13H,1H3,(H2,21,24,25)/t13-/m0/s1. The van der Waals surface area contributed by atoms with Crippen LogP contribution in [-0.2, 0) is 10.0 Å². The molecule has 0 amide bonds. The molecule has 1 aliphatic heterocycles. The summed E-state index contributed by atoms with van der Waals surface area (Å²) < 4.78 is 23.4. The zero-order valence-electron chi connectivity index (χ0n) is 14.1. The van der Waals surface area contributed by atoms with Gasteiger partial charge in [-0.05, 0) is 41.1 Å². The molecule has 0 radical (unpaired) electrons. The maximum atomic E-state index is 11.7. The van der Waals surface area contributed by atoms with Crippen molar-refractivity contribution in [2.24, 2.45) is 10.1 Å². The molecular formula is C20H17N3O2S. The number of nitrogens with two attached hydrogens (primary N) is 1. The van der Waals surface area contributed by atoms with Crippen molar-refractivity contribution in [3.8, 4) is 11.1 Å². The van der Waals surface area contributed by atoms with Gasteiger partial charge in [-0.3, -0.25) is 9.98 Å². The molecule has 0 saturated carbocycles. The highest BCUT2D eigenvalue weighted by molar-refractivity contribution is 7.89. The molecule has 0 aliphatic carbocycles. The Morgan fingerprint density at radius 2 is 1.73 bits per heavy atom. The molecule has 1 aliphatic rings. The predicted molar refractivity (Wildman–Crippen MR) is 104 cm³/mol. The second kappa shape index (κ2) is 6.16. The summed E-state index contributed by atoms with van der Waals surface area (Å²) in [6.07, 6.45) is 7.45. The summed E-state index contributed by atoms with van der Waals surface area (Å²) >= 11 is 0. The lowest BCUT2D eigenvalue weighted by molar-refractivity contribution is 0.598. The Kier molecular flexibility index (Phi) is 3.94. The van der Waals surface area contributed by atoms with Gasteiger partial charge in [-0.25, -0.2) is 13.6 Å². The molecule has 0 spiro atoms. The van der Waals surface area contributed by atoms with E-state index >= 15 is 0 Å². The molecule has 2 aromatic carbocycles. The van der Waals surface area contributed by atoms with Crippen molar-refractivity contribution in [1.82, 2.24) is 4.98 Å². The third kappa shape index (κ3) is 3.05. The fourth-order valence-electron chi connectivity index (χ4n) is 3.11. The van der Waals surface area contributed by atoms with Crippen molar-refractivity contribution >= 4 is 32.6 Å². The Morgan fingerprint density at radius 3 is 2.38 bits per heavy atom. The molecular weight excluding hydrogens is 346 g/mol. The normalized spacial score (nSPS) is 16.8. The number of hydrogen-bond acceptors (Lipinski definition) is 4. The van der Waals surface area contributed by atoms with E-state index in [2.05, 4.69) is 16.1 Å². The number of hydrogen-bond donors (Lipinski definition) is 1. The first-order valence-corrected chi connectivity index (χ1v) is 9.73. The van der Waals surface area contributed by atoms with Gasteiger partial charge in [0.05, 0.1) is 10.9 Å². The Balaban J connectivity index is 1.81. The summed E-state index contributed by atoms with van der Waals surface area (Å²) in [4.78, 5) is 8.72. The molecule has 5 nitrogen and oxygen atoms in total. The van der Waals surface area contributed by atoms with Gasteiger partial charge in [0.1, 0.15) is 0 Å². The molecule has 2 heterocycles. The van der Waals surface area contributed by atoms with E-state index in [1.54, 1.807) is 24.5 Å². The number of aromatic nitrogens is 1. The van der Waals surface area contributed by atoms with E-state index in [0.717, 1.165) is 33.0 Å². The maximum Gasteiger partial charge on any atom is 0.238 e. The van der Waals surface area contributed by atoms with Crippen LogP contribution in [0.5, 0.6) is 0 Å². The van der Waals surface area contributed by atoms with Crippen LogP contribution >= 0.6 is 0 Å². The van der Waals surface area contributed by atoms with Crippen LogP contribution in [0.25, 0.3) is 27.5 Å². The van der Waals surface area contributed by atoms with E-state index in [0.29, 0.717) is 0 Å². The molecule has 4 rings (SSSR count). The highest BCUT2D eigenvalue weighted by Crippen LogP contribution is 2.30. The third-order valence-electron chi connectivity index (χ3n) is 4.46. The topological polar surface area (TPSA) is 85.4 Å². The number of fused-ring (bicyclic) bond motifs is 1. The van der Waals surface area contributed by atoms with Gasteiger partial charge in [-0.2, -0.15) is 0 Å². The van der Waals surface area contributed by atoms with Crippen LogP contribution in [0, 0.1) is 0 Å². The summed E-state index contributed by atoms with van der Waals surface area (Å²) in [6.45, 7) is 2.04. The van der Waals surface area contributed by atoms with E-state index in [9.17, 15) is 8.42 Å². The molecule has 0 saturated heterocycles. The lowest BCUT2D eigenvalue weighted by Gasteiger charge is -2.09. The summed E-state index contributed by atoms with van der Waals surface area (Å²) in [7, 11) is -3.76. The SMILES string of the molecule is C[C@H]1C=C(c2ccc(-c3cncc4ccc(S(N)(=O)=O)cc34)cc2)C=N1. The van der Waals surface area contributed by atoms with Crippen LogP contribution < -0.4 is 5.14 Å². The zero-order chi connectivity index (χ0) is 18.3. The van der Waals surface area contributed by atoms with Gasteiger partial charge in [0.2, 0.25) is 10.0 Å². The molecule has 0 bridgehead atoms. The van der Waals surface area contributed by atoms with Crippen LogP contribution in [0.1, 0.15) is 12.5 Å². The summed E-state index contributed by atoms with van der Waals surface area (Å²) in [5, 5.41) is 6.94. The van der Waals surface area contributed by atoms with E-state index in [4.69, 9.17) is 5.14 Å². The first-order valence-electron chi connectivity index (χ1n) is 8.18. The minimum atomic E-state index is -3.76. The fourth-order valence-corrected chi connectivity index (χ4v) is 3.65. The van der Waals surface area contributed by atoms with Gasteiger partial charge in [0.25, 0.3) is 0 Å². The number of sulfonamides is 1. The number of aliphatic imine (C=N–C) groups is 1. The number of pyridine rings is 1. The molecule has 130 valence electrons. The van der Waals surface area contributed by atoms with E-state index in [1.165, 1.54) is 6.07 Å². The fraction of sp³-hybridized carbons (Fsp3) is 0.100. The molecule has 0 unspecified atom stereocenters. The van der Waals surface area contributed by atoms with Crippen LogP contribution in [0.3, 0.4) is 0 Å². The average Bonchev–Trinajstić information content (AvgIpc) is 3.06. The molecule has 0 fully saturated rings. The quantitative estimate of drug-likeness (QED) is 0.774. The smallest absolute Gasteiger partial charge is 0.238 e. The maximum absolute atomic E-state index is 11.7. The van der Waals surface area contributed by atoms with Crippen molar-refractivity contribution < 1.29 is 8.42 Å². The van der Waals surface area contributed by atoms with Crippen LogP contribution in [-0.4, -0.2) is 25.7 Å². The Labute approximate surface area is 152 Å². The predicted octanol–water partition coefficient (Wildman–Crippen LogP) is 3.41. The molecule has 2 N–H and O–H groups in total. The van der Waals surface area contributed by atoms with Crippen LogP contribution in [0.15, 0.2) is 70.8 Å². The summed E-state index contributed by atoms with van der Waals surface area (Å²) in [5.74, 6) is 0. The van der Waals surface area contributed by atoms with Gasteiger partial charge in [0, 0.05) is 29.6 Å². The van der Waals surface area contributed by atoms with Gasteiger partial charge >= 0.3 is 0 Å². The summed E-state index contributed by atoms with van der Waals surface area (Å²) in [6, 6.07) is 13.1. The van der Waals surface area contributed by atoms with Crippen molar-refractivity contribution in [3.05, 3.63) is 66.5 Å². The first-order chi connectivity index (χ1) is 12.4. The Hall–Kier alpha value is -2.83. The Morgan fingerprint density at radius 1 is 1.00 bits per heavy atom. The molecule has 3 aromatic rings. The highest BCUT2D eigenvalue weighted by Gasteiger charge is 2.12. The van der Waals surface area contributed by atoms with Gasteiger partial charge in [0.15, 0.2) is 0 Å². The molecule has 1 aromatic heterocycles. The highest BCUT2D eigenvalue weighted by atomic mass is 32.2. The molecule has 6 heteroatoms. The van der Waals surface area contributed by atoms with Crippen molar-refractivity contribution in [2.75, 3.05) is 0 Å². The van der Waals surface area contributed by atoms with Crippen LogP contribution in [0.2, 0.25) is 0 Å². The minimum Gasteiger partial charge on any atom is -0.285 e. The van der Waals surface area contributed by atoms with Crippen molar-refractivity contribution in [2.45, 2.75) is 17.9 Å². The number of benzene rings is 2. The largest absolute Gasteiger partial charge is 0.285 e.